The highest BCUT2D eigenvalue weighted by Crippen LogP contribution is 2.27. The zero-order valence-corrected chi connectivity index (χ0v) is 9.35. The van der Waals surface area contributed by atoms with Crippen LogP contribution < -0.4 is 5.32 Å². The van der Waals surface area contributed by atoms with Crippen LogP contribution in [0.1, 0.15) is 11.3 Å². The summed E-state index contributed by atoms with van der Waals surface area (Å²) in [7, 11) is 0. The van der Waals surface area contributed by atoms with E-state index in [4.69, 9.17) is 0 Å². The monoisotopic (exact) mass is 233 g/mol. The van der Waals surface area contributed by atoms with E-state index in [-0.39, 0.29) is 11.5 Å². The summed E-state index contributed by atoms with van der Waals surface area (Å²) >= 11 is 0. The molecular formula is C12H15N3O2. The molecule has 1 aromatic heterocycles. The van der Waals surface area contributed by atoms with Gasteiger partial charge in [-0.3, -0.25) is 0 Å². The zero-order chi connectivity index (χ0) is 12.1. The number of H-pyrrole nitrogens is 1. The maximum Gasteiger partial charge on any atom is 0.161 e. The smallest absolute Gasteiger partial charge is 0.161 e. The van der Waals surface area contributed by atoms with Crippen molar-refractivity contribution in [1.29, 1.82) is 0 Å². The number of aromatic hydroxyl groups is 2. The normalized spacial score (nSPS) is 10.6. The highest BCUT2D eigenvalue weighted by molar-refractivity contribution is 5.44. The van der Waals surface area contributed by atoms with Gasteiger partial charge in [-0.1, -0.05) is 12.1 Å². The molecule has 0 saturated heterocycles. The fraction of sp³-hybridized carbons (Fsp3) is 0.250. The molecule has 0 atom stereocenters. The van der Waals surface area contributed by atoms with Crippen LogP contribution in [-0.4, -0.2) is 26.7 Å². The zero-order valence-electron chi connectivity index (χ0n) is 9.35. The second-order valence-corrected chi connectivity index (χ2v) is 3.79. The van der Waals surface area contributed by atoms with Crippen molar-refractivity contribution in [2.45, 2.75) is 13.0 Å². The number of aromatic nitrogens is 2. The molecular weight excluding hydrogens is 218 g/mol. The quantitative estimate of drug-likeness (QED) is 0.461. The molecule has 1 aromatic carbocycles. The number of hydrogen-bond acceptors (Lipinski definition) is 4. The Kier molecular flexibility index (Phi) is 3.62. The number of nitrogens with zero attached hydrogens (tertiary/aromatic N) is 1. The first kappa shape index (κ1) is 11.5. The Labute approximate surface area is 99.2 Å². The minimum Gasteiger partial charge on any atom is -0.504 e. The summed E-state index contributed by atoms with van der Waals surface area (Å²) in [5, 5.41) is 22.1. The van der Waals surface area contributed by atoms with E-state index < -0.39 is 0 Å². The third-order valence-corrected chi connectivity index (χ3v) is 2.54. The summed E-state index contributed by atoms with van der Waals surface area (Å²) in [5.41, 5.74) is 1.76. The van der Waals surface area contributed by atoms with Crippen molar-refractivity contribution < 1.29 is 10.2 Å². The lowest BCUT2D eigenvalue weighted by atomic mass is 10.2. The first-order chi connectivity index (χ1) is 8.27. The van der Waals surface area contributed by atoms with Crippen LogP contribution >= 0.6 is 0 Å². The molecule has 0 amide bonds. The number of hydrogen-bond donors (Lipinski definition) is 4. The molecule has 5 heteroatoms. The lowest BCUT2D eigenvalue weighted by Crippen LogP contribution is -2.16. The molecule has 5 nitrogen and oxygen atoms in total. The van der Waals surface area contributed by atoms with Gasteiger partial charge in [0.1, 0.15) is 0 Å². The third-order valence-electron chi connectivity index (χ3n) is 2.54. The van der Waals surface area contributed by atoms with Crippen molar-refractivity contribution in [3.63, 3.8) is 0 Å². The number of imidazole rings is 1. The molecule has 0 aliphatic rings. The third kappa shape index (κ3) is 2.98. The van der Waals surface area contributed by atoms with Crippen LogP contribution in [0.2, 0.25) is 0 Å². The maximum atomic E-state index is 9.57. The lowest BCUT2D eigenvalue weighted by molar-refractivity contribution is 0.398. The molecule has 17 heavy (non-hydrogen) atoms. The van der Waals surface area contributed by atoms with Crippen LogP contribution in [0, 0.1) is 0 Å². The van der Waals surface area contributed by atoms with Crippen molar-refractivity contribution in [2.75, 3.05) is 6.54 Å². The largest absolute Gasteiger partial charge is 0.504 e. The first-order valence-electron chi connectivity index (χ1n) is 5.45. The predicted octanol–water partition coefficient (Wildman–Crippen LogP) is 1.15. The Morgan fingerprint density at radius 3 is 2.94 bits per heavy atom. The van der Waals surface area contributed by atoms with Crippen molar-refractivity contribution in [3.8, 4) is 11.5 Å². The van der Waals surface area contributed by atoms with E-state index in [0.717, 1.165) is 18.7 Å². The second kappa shape index (κ2) is 5.36. The molecule has 1 heterocycles. The molecule has 0 spiro atoms. The van der Waals surface area contributed by atoms with Crippen LogP contribution in [0.15, 0.2) is 30.7 Å². The van der Waals surface area contributed by atoms with Crippen LogP contribution in [-0.2, 0) is 13.0 Å². The molecule has 4 N–H and O–H groups in total. The number of aromatic amines is 1. The topological polar surface area (TPSA) is 81.2 Å². The average molecular weight is 233 g/mol. The van der Waals surface area contributed by atoms with Crippen molar-refractivity contribution in [1.82, 2.24) is 15.3 Å². The van der Waals surface area contributed by atoms with Crippen molar-refractivity contribution >= 4 is 0 Å². The van der Waals surface area contributed by atoms with Gasteiger partial charge in [0.2, 0.25) is 0 Å². The van der Waals surface area contributed by atoms with E-state index in [1.165, 1.54) is 6.07 Å². The number of nitrogens with one attached hydrogen (secondary N) is 2. The molecule has 0 bridgehead atoms. The van der Waals surface area contributed by atoms with Crippen molar-refractivity contribution in [2.24, 2.45) is 0 Å². The molecule has 2 rings (SSSR count). The minimum absolute atomic E-state index is 0.0541. The highest BCUT2D eigenvalue weighted by atomic mass is 16.3. The number of benzene rings is 1. The van der Waals surface area contributed by atoms with Gasteiger partial charge >= 0.3 is 0 Å². The number of phenols is 2. The molecule has 0 radical (unpaired) electrons. The summed E-state index contributed by atoms with van der Waals surface area (Å²) in [6.45, 7) is 1.30. The summed E-state index contributed by atoms with van der Waals surface area (Å²) in [5.74, 6) is -0.139. The summed E-state index contributed by atoms with van der Waals surface area (Å²) in [6.07, 6.45) is 4.28. The summed E-state index contributed by atoms with van der Waals surface area (Å²) in [4.78, 5) is 6.94. The van der Waals surface area contributed by atoms with E-state index in [0.29, 0.717) is 12.1 Å². The Balaban J connectivity index is 1.80. The van der Waals surface area contributed by atoms with E-state index in [1.807, 2.05) is 0 Å². The number of rotatable bonds is 5. The average Bonchev–Trinajstić information content (AvgIpc) is 2.83. The van der Waals surface area contributed by atoms with E-state index in [2.05, 4.69) is 15.3 Å². The second-order valence-electron chi connectivity index (χ2n) is 3.79. The lowest BCUT2D eigenvalue weighted by Gasteiger charge is -2.07. The van der Waals surface area contributed by atoms with Gasteiger partial charge in [0.25, 0.3) is 0 Å². The minimum atomic E-state index is -0.0853. The predicted molar refractivity (Wildman–Crippen MR) is 63.8 cm³/mol. The van der Waals surface area contributed by atoms with Crippen molar-refractivity contribution in [3.05, 3.63) is 42.0 Å². The first-order valence-corrected chi connectivity index (χ1v) is 5.45. The number of para-hydroxylation sites is 1. The molecule has 2 aromatic rings. The Hall–Kier alpha value is -2.01. The van der Waals surface area contributed by atoms with Gasteiger partial charge in [-0.15, -0.1) is 0 Å². The SMILES string of the molecule is Oc1cccc(CNCCc2cnc[nH]2)c1O. The van der Waals surface area contributed by atoms with Gasteiger partial charge in [0.05, 0.1) is 6.33 Å². The van der Waals surface area contributed by atoms with E-state index >= 15 is 0 Å². The van der Waals surface area contributed by atoms with Crippen LogP contribution in [0.5, 0.6) is 11.5 Å². The fourth-order valence-corrected chi connectivity index (χ4v) is 1.59. The Bertz CT molecular complexity index is 469. The van der Waals surface area contributed by atoms with Gasteiger partial charge in [-0.25, -0.2) is 4.98 Å². The number of phenolic OH excluding ortho intramolecular Hbond substituents is 2. The molecule has 0 aliphatic heterocycles. The van der Waals surface area contributed by atoms with Gasteiger partial charge in [-0.2, -0.15) is 0 Å². The van der Waals surface area contributed by atoms with Gasteiger partial charge in [0, 0.05) is 37.0 Å². The van der Waals surface area contributed by atoms with E-state index in [1.54, 1.807) is 24.7 Å². The summed E-state index contributed by atoms with van der Waals surface area (Å²) in [6, 6.07) is 4.95. The standard InChI is InChI=1S/C12H15N3O2/c16-11-3-1-2-9(12(11)17)6-13-5-4-10-7-14-8-15-10/h1-3,7-8,13,16-17H,4-6H2,(H,14,15). The Morgan fingerprint density at radius 2 is 2.18 bits per heavy atom. The molecule has 0 aliphatic carbocycles. The van der Waals surface area contributed by atoms with Crippen LogP contribution in [0.4, 0.5) is 0 Å². The Morgan fingerprint density at radius 1 is 1.29 bits per heavy atom. The van der Waals surface area contributed by atoms with Gasteiger partial charge in [-0.05, 0) is 6.07 Å². The van der Waals surface area contributed by atoms with Crippen LogP contribution in [0.3, 0.4) is 0 Å². The molecule has 90 valence electrons. The molecule has 0 saturated carbocycles. The van der Waals surface area contributed by atoms with Gasteiger partial charge < -0.3 is 20.5 Å². The maximum absolute atomic E-state index is 9.57. The molecule has 0 fully saturated rings. The highest BCUT2D eigenvalue weighted by Gasteiger charge is 2.04. The van der Waals surface area contributed by atoms with E-state index in [9.17, 15) is 10.2 Å². The fourth-order valence-electron chi connectivity index (χ4n) is 1.59. The summed E-state index contributed by atoms with van der Waals surface area (Å²) < 4.78 is 0. The molecule has 0 unspecified atom stereocenters. The van der Waals surface area contributed by atoms with Gasteiger partial charge in [0.15, 0.2) is 11.5 Å². The van der Waals surface area contributed by atoms with Crippen LogP contribution in [0.25, 0.3) is 0 Å².